The van der Waals surface area contributed by atoms with Crippen molar-refractivity contribution >= 4 is 39.7 Å². The number of hydrogen-bond donors (Lipinski definition) is 2. The highest BCUT2D eigenvalue weighted by molar-refractivity contribution is 7.17. The van der Waals surface area contributed by atoms with E-state index in [1.165, 1.54) is 6.07 Å². The van der Waals surface area contributed by atoms with Crippen molar-refractivity contribution in [3.05, 3.63) is 39.4 Å². The van der Waals surface area contributed by atoms with Gasteiger partial charge in [-0.25, -0.2) is 4.98 Å². The Morgan fingerprint density at radius 2 is 2.32 bits per heavy atom. The van der Waals surface area contributed by atoms with Crippen LogP contribution in [0.5, 0.6) is 0 Å². The lowest BCUT2D eigenvalue weighted by Crippen LogP contribution is -2.12. The molecule has 0 aliphatic heterocycles. The molecule has 0 saturated heterocycles. The van der Waals surface area contributed by atoms with Crippen molar-refractivity contribution < 1.29 is 4.79 Å². The quantitative estimate of drug-likeness (QED) is 0.890. The third-order valence-corrected chi connectivity index (χ3v) is 3.59. The predicted molar refractivity (Wildman–Crippen MR) is 75.4 cm³/mol. The standard InChI is InChI=1S/C12H9ClN4OS/c1-6-10(19-12(15)16-6)11(18)17-9-4-8(13)3-2-7(9)5-14/h2-4H,1H3,(H2,15,16)(H,17,18). The van der Waals surface area contributed by atoms with E-state index in [9.17, 15) is 4.79 Å². The first-order valence-corrected chi connectivity index (χ1v) is 6.44. The molecule has 2 aromatic rings. The van der Waals surface area contributed by atoms with Gasteiger partial charge < -0.3 is 11.1 Å². The van der Waals surface area contributed by atoms with E-state index >= 15 is 0 Å². The second-order valence-corrected chi connectivity index (χ2v) is 5.19. The van der Waals surface area contributed by atoms with Crippen molar-refractivity contribution in [1.29, 1.82) is 5.26 Å². The van der Waals surface area contributed by atoms with Crippen molar-refractivity contribution in [3.63, 3.8) is 0 Å². The molecule has 0 unspecified atom stereocenters. The Balaban J connectivity index is 2.32. The van der Waals surface area contributed by atoms with Crippen LogP contribution < -0.4 is 11.1 Å². The number of benzene rings is 1. The maximum absolute atomic E-state index is 12.1. The van der Waals surface area contributed by atoms with E-state index in [4.69, 9.17) is 22.6 Å². The van der Waals surface area contributed by atoms with E-state index in [0.29, 0.717) is 32.0 Å². The van der Waals surface area contributed by atoms with Crippen LogP contribution in [0, 0.1) is 18.3 Å². The predicted octanol–water partition coefficient (Wildman–Crippen LogP) is 2.81. The third kappa shape index (κ3) is 2.84. The van der Waals surface area contributed by atoms with Crippen LogP contribution in [0.2, 0.25) is 5.02 Å². The summed E-state index contributed by atoms with van der Waals surface area (Å²) in [6.07, 6.45) is 0. The molecule has 0 radical (unpaired) electrons. The third-order valence-electron chi connectivity index (χ3n) is 2.37. The topological polar surface area (TPSA) is 91.8 Å². The lowest BCUT2D eigenvalue weighted by atomic mass is 10.2. The average molecular weight is 293 g/mol. The van der Waals surface area contributed by atoms with Crippen molar-refractivity contribution in [2.24, 2.45) is 0 Å². The van der Waals surface area contributed by atoms with Gasteiger partial charge in [0.05, 0.1) is 16.9 Å². The number of nitrogens with zero attached hydrogens (tertiary/aromatic N) is 2. The second-order valence-electron chi connectivity index (χ2n) is 3.72. The summed E-state index contributed by atoms with van der Waals surface area (Å²) >= 11 is 6.95. The van der Waals surface area contributed by atoms with E-state index in [2.05, 4.69) is 10.3 Å². The van der Waals surface area contributed by atoms with Gasteiger partial charge in [0.1, 0.15) is 10.9 Å². The number of hydrogen-bond acceptors (Lipinski definition) is 5. The van der Waals surface area contributed by atoms with Gasteiger partial charge >= 0.3 is 0 Å². The molecule has 3 N–H and O–H groups in total. The second kappa shape index (κ2) is 5.26. The van der Waals surface area contributed by atoms with Crippen LogP contribution in [0.4, 0.5) is 10.8 Å². The first-order chi connectivity index (χ1) is 9.01. The molecule has 19 heavy (non-hydrogen) atoms. The van der Waals surface area contributed by atoms with Crippen LogP contribution in [0.3, 0.4) is 0 Å². The summed E-state index contributed by atoms with van der Waals surface area (Å²) in [5.41, 5.74) is 6.81. The largest absolute Gasteiger partial charge is 0.375 e. The lowest BCUT2D eigenvalue weighted by Gasteiger charge is -2.06. The normalized spacial score (nSPS) is 9.95. The van der Waals surface area contributed by atoms with Gasteiger partial charge in [0.25, 0.3) is 5.91 Å². The number of thiazole rings is 1. The highest BCUT2D eigenvalue weighted by Gasteiger charge is 2.15. The fourth-order valence-corrected chi connectivity index (χ4v) is 2.43. The van der Waals surface area contributed by atoms with E-state index < -0.39 is 0 Å². The molecular weight excluding hydrogens is 284 g/mol. The molecule has 1 amide bonds. The monoisotopic (exact) mass is 292 g/mol. The molecule has 1 heterocycles. The van der Waals surface area contributed by atoms with Crippen molar-refractivity contribution in [1.82, 2.24) is 4.98 Å². The molecule has 0 atom stereocenters. The summed E-state index contributed by atoms with van der Waals surface area (Å²) in [7, 11) is 0. The zero-order valence-corrected chi connectivity index (χ0v) is 11.5. The Bertz CT molecular complexity index is 690. The number of anilines is 2. The minimum atomic E-state index is -0.356. The summed E-state index contributed by atoms with van der Waals surface area (Å²) in [6.45, 7) is 1.70. The molecule has 1 aromatic heterocycles. The van der Waals surface area contributed by atoms with Gasteiger partial charge in [-0.1, -0.05) is 22.9 Å². The van der Waals surface area contributed by atoms with Crippen LogP contribution >= 0.6 is 22.9 Å². The van der Waals surface area contributed by atoms with Crippen LogP contribution in [-0.4, -0.2) is 10.9 Å². The van der Waals surface area contributed by atoms with Crippen LogP contribution in [-0.2, 0) is 0 Å². The van der Waals surface area contributed by atoms with E-state index in [0.717, 1.165) is 11.3 Å². The maximum atomic E-state index is 12.1. The number of amides is 1. The Hall–Kier alpha value is -2.10. The summed E-state index contributed by atoms with van der Waals surface area (Å²) in [4.78, 5) is 16.5. The highest BCUT2D eigenvalue weighted by atomic mass is 35.5. The fraction of sp³-hybridized carbons (Fsp3) is 0.0833. The summed E-state index contributed by atoms with van der Waals surface area (Å²) < 4.78 is 0. The number of carbonyl (C=O) groups is 1. The van der Waals surface area contributed by atoms with E-state index in [1.807, 2.05) is 6.07 Å². The number of rotatable bonds is 2. The number of aryl methyl sites for hydroxylation is 1. The van der Waals surface area contributed by atoms with Gasteiger partial charge in [0.2, 0.25) is 0 Å². The number of halogens is 1. The van der Waals surface area contributed by atoms with Gasteiger partial charge in [-0.2, -0.15) is 5.26 Å². The van der Waals surface area contributed by atoms with Crippen LogP contribution in [0.15, 0.2) is 18.2 Å². The molecule has 96 valence electrons. The molecule has 1 aromatic carbocycles. The molecule has 0 spiro atoms. The van der Waals surface area contributed by atoms with Gasteiger partial charge in [0, 0.05) is 5.02 Å². The van der Waals surface area contributed by atoms with E-state index in [-0.39, 0.29) is 5.91 Å². The maximum Gasteiger partial charge on any atom is 0.267 e. The molecule has 0 aliphatic carbocycles. The van der Waals surface area contributed by atoms with Gasteiger partial charge in [-0.05, 0) is 25.1 Å². The number of nitrogens with two attached hydrogens (primary N) is 1. The van der Waals surface area contributed by atoms with Crippen LogP contribution in [0.1, 0.15) is 20.9 Å². The van der Waals surface area contributed by atoms with Gasteiger partial charge in [-0.3, -0.25) is 4.79 Å². The minimum absolute atomic E-state index is 0.328. The Kier molecular flexibility index (Phi) is 3.69. The number of nitrogen functional groups attached to an aromatic ring is 1. The molecule has 0 fully saturated rings. The SMILES string of the molecule is Cc1nc(N)sc1C(=O)Nc1cc(Cl)ccc1C#N. The lowest BCUT2D eigenvalue weighted by molar-refractivity contribution is 0.103. The van der Waals surface area contributed by atoms with Crippen molar-refractivity contribution in [2.45, 2.75) is 6.92 Å². The molecule has 2 rings (SSSR count). The zero-order chi connectivity index (χ0) is 14.0. The van der Waals surface area contributed by atoms with Gasteiger partial charge in [0.15, 0.2) is 5.13 Å². The van der Waals surface area contributed by atoms with Crippen molar-refractivity contribution in [2.75, 3.05) is 11.1 Å². The van der Waals surface area contributed by atoms with Crippen LogP contribution in [0.25, 0.3) is 0 Å². The van der Waals surface area contributed by atoms with E-state index in [1.54, 1.807) is 19.1 Å². The number of nitrogens with one attached hydrogen (secondary N) is 1. The zero-order valence-electron chi connectivity index (χ0n) is 9.90. The first-order valence-electron chi connectivity index (χ1n) is 5.25. The molecule has 0 bridgehead atoms. The molecular formula is C12H9ClN4OS. The molecule has 0 saturated carbocycles. The number of carbonyl (C=O) groups excluding carboxylic acids is 1. The smallest absolute Gasteiger partial charge is 0.267 e. The Morgan fingerprint density at radius 1 is 1.58 bits per heavy atom. The Labute approximate surface area is 118 Å². The number of aromatic nitrogens is 1. The first kappa shape index (κ1) is 13.3. The summed E-state index contributed by atoms with van der Waals surface area (Å²) in [5.74, 6) is -0.356. The molecule has 7 heteroatoms. The minimum Gasteiger partial charge on any atom is -0.375 e. The van der Waals surface area contributed by atoms with Crippen molar-refractivity contribution in [3.8, 4) is 6.07 Å². The molecule has 5 nitrogen and oxygen atoms in total. The summed E-state index contributed by atoms with van der Waals surface area (Å²) in [6, 6.07) is 6.65. The summed E-state index contributed by atoms with van der Waals surface area (Å²) in [5, 5.41) is 12.4. The Morgan fingerprint density at radius 3 is 2.89 bits per heavy atom. The average Bonchev–Trinajstić information content (AvgIpc) is 2.69. The molecule has 0 aliphatic rings. The van der Waals surface area contributed by atoms with Gasteiger partial charge in [-0.15, -0.1) is 0 Å². The highest BCUT2D eigenvalue weighted by Crippen LogP contribution is 2.24. The number of nitriles is 1. The fourth-order valence-electron chi connectivity index (χ4n) is 1.52.